The molecule has 364 valence electrons. The second-order valence-electron chi connectivity index (χ2n) is 16.0. The number of ether oxygens (including phenoxy) is 1. The van der Waals surface area contributed by atoms with Crippen molar-refractivity contribution >= 4 is 12.2 Å². The predicted octanol–water partition coefficient (Wildman–Crippen LogP) is 14.6. The average molecular weight is 981 g/mol. The van der Waals surface area contributed by atoms with Crippen LogP contribution in [0.15, 0.2) is 159 Å². The van der Waals surface area contributed by atoms with Crippen LogP contribution >= 0.6 is 0 Å². The molecule has 0 spiro atoms. The van der Waals surface area contributed by atoms with Crippen molar-refractivity contribution < 1.29 is 69.8 Å². The van der Waals surface area contributed by atoms with Crippen LogP contribution in [-0.2, 0) is 10.8 Å². The molecule has 0 aliphatic heterocycles. The van der Waals surface area contributed by atoms with Crippen molar-refractivity contribution in [2.75, 3.05) is 0 Å². The molecule has 0 bridgehead atoms. The van der Waals surface area contributed by atoms with Gasteiger partial charge in [-0.1, -0.05) is 98.1 Å². The van der Waals surface area contributed by atoms with Crippen LogP contribution < -0.4 is 4.74 Å². The average Bonchev–Trinajstić information content (AvgIpc) is 3.37. The molecule has 8 aromatic rings. The highest BCUT2D eigenvalue weighted by Gasteiger charge is 2.33. The second-order valence-corrected chi connectivity index (χ2v) is 16.0. The first-order valence-electron chi connectivity index (χ1n) is 21.0. The summed E-state index contributed by atoms with van der Waals surface area (Å²) in [6.07, 6.45) is 1.25. The fraction of sp³-hybridized carbons (Fsp3) is 0.0714. The summed E-state index contributed by atoms with van der Waals surface area (Å²) in [7, 11) is 0. The van der Waals surface area contributed by atoms with Gasteiger partial charge in [0.05, 0.1) is 11.1 Å². The Labute approximate surface area is 401 Å². The predicted molar refractivity (Wildman–Crippen MR) is 251 cm³/mol. The van der Waals surface area contributed by atoms with Crippen LogP contribution in [0.25, 0.3) is 12.2 Å². The van der Waals surface area contributed by atoms with E-state index in [0.29, 0.717) is 12.2 Å². The minimum Gasteiger partial charge on any atom is -0.508 e. The Hall–Kier alpha value is -8.59. The van der Waals surface area contributed by atoms with Gasteiger partial charge in [-0.05, 0) is 120 Å². The standard InChI is InChI=1S/C28H20F4O3.C20H18O3.C8H3F5/c1-3-22-23(29)25(31)27(26(32)24(22)30)35-21-14-8-18(9-15-21)28(2,16-4-10-19(33)11-5-16)17-6-12-20(34)13-7-17;1-20(14-2-8-17(21)9-3-14,15-4-10-18(22)11-5-15)16-6-12-19(23)13-7-16;1-2-3-4(9)6(11)8(13)7(12)5(3)10/h3-15,33-34H,1H2,2H3;2-13,21-23H,1H3;2H,1H2. The molecule has 0 aromatic heterocycles. The highest BCUT2D eigenvalue weighted by Crippen LogP contribution is 2.43. The van der Waals surface area contributed by atoms with E-state index in [1.165, 1.54) is 12.1 Å². The molecule has 0 amide bonds. The second kappa shape index (κ2) is 21.4. The molecule has 0 saturated heterocycles. The van der Waals surface area contributed by atoms with Crippen molar-refractivity contribution in [1.82, 2.24) is 0 Å². The summed E-state index contributed by atoms with van der Waals surface area (Å²) in [5.74, 6) is -16.8. The molecule has 0 aliphatic rings. The van der Waals surface area contributed by atoms with Crippen molar-refractivity contribution in [2.45, 2.75) is 24.7 Å². The zero-order chi connectivity index (χ0) is 51.9. The molecule has 71 heavy (non-hydrogen) atoms. The van der Waals surface area contributed by atoms with Gasteiger partial charge in [-0.3, -0.25) is 0 Å². The maximum Gasteiger partial charge on any atom is 0.205 e. The smallest absolute Gasteiger partial charge is 0.205 e. The van der Waals surface area contributed by atoms with Crippen molar-refractivity contribution in [1.29, 1.82) is 0 Å². The zero-order valence-electron chi connectivity index (χ0n) is 37.5. The van der Waals surface area contributed by atoms with Crippen LogP contribution in [0.2, 0.25) is 0 Å². The van der Waals surface area contributed by atoms with Crippen LogP contribution in [0, 0.1) is 52.4 Å². The highest BCUT2D eigenvalue weighted by molar-refractivity contribution is 5.56. The summed E-state index contributed by atoms with van der Waals surface area (Å²) in [6, 6.07) is 40.6. The highest BCUT2D eigenvalue weighted by atomic mass is 19.2. The Morgan fingerprint density at radius 1 is 0.324 bits per heavy atom. The maximum atomic E-state index is 14.4. The Bertz CT molecular complexity index is 2970. The topological polar surface area (TPSA) is 110 Å². The van der Waals surface area contributed by atoms with E-state index in [1.54, 1.807) is 97.1 Å². The van der Waals surface area contributed by atoms with Crippen molar-refractivity contribution in [3.05, 3.63) is 256 Å². The molecule has 0 fully saturated rings. The largest absolute Gasteiger partial charge is 0.508 e. The van der Waals surface area contributed by atoms with Gasteiger partial charge >= 0.3 is 0 Å². The fourth-order valence-electron chi connectivity index (χ4n) is 7.65. The third-order valence-electron chi connectivity index (χ3n) is 11.8. The van der Waals surface area contributed by atoms with Crippen molar-refractivity contribution in [3.8, 4) is 40.2 Å². The van der Waals surface area contributed by atoms with E-state index in [4.69, 9.17) is 4.74 Å². The van der Waals surface area contributed by atoms with Crippen LogP contribution in [0.4, 0.5) is 39.5 Å². The summed E-state index contributed by atoms with van der Waals surface area (Å²) in [5.41, 5.74) is 2.21. The van der Waals surface area contributed by atoms with Crippen LogP contribution in [0.5, 0.6) is 40.2 Å². The van der Waals surface area contributed by atoms with E-state index in [0.717, 1.165) is 33.4 Å². The van der Waals surface area contributed by atoms with Crippen molar-refractivity contribution in [2.24, 2.45) is 0 Å². The zero-order valence-corrected chi connectivity index (χ0v) is 37.5. The number of phenolic OH excluding ortho intramolecular Hbond substituents is 5. The monoisotopic (exact) mass is 980 g/mol. The molecule has 0 aliphatic carbocycles. The normalized spacial score (nSPS) is 11.1. The van der Waals surface area contributed by atoms with Gasteiger partial charge in [0.1, 0.15) is 34.5 Å². The Balaban J connectivity index is 0.000000195. The molecule has 6 nitrogen and oxygen atoms in total. The minimum absolute atomic E-state index is 0.0459. The summed E-state index contributed by atoms with van der Waals surface area (Å²) >= 11 is 0. The third-order valence-corrected chi connectivity index (χ3v) is 11.8. The fourth-order valence-corrected chi connectivity index (χ4v) is 7.65. The van der Waals surface area contributed by atoms with Gasteiger partial charge < -0.3 is 30.3 Å². The molecule has 15 heteroatoms. The van der Waals surface area contributed by atoms with Gasteiger partial charge in [0.25, 0.3) is 0 Å². The molecular formula is C56H41F9O6. The third kappa shape index (κ3) is 10.5. The minimum atomic E-state index is -2.17. The first kappa shape index (κ1) is 51.8. The first-order chi connectivity index (χ1) is 33.7. The van der Waals surface area contributed by atoms with Crippen LogP contribution in [0.1, 0.15) is 58.4 Å². The molecule has 0 radical (unpaired) electrons. The van der Waals surface area contributed by atoms with Crippen molar-refractivity contribution in [3.63, 3.8) is 0 Å². The van der Waals surface area contributed by atoms with Gasteiger partial charge in [-0.15, -0.1) is 0 Å². The van der Waals surface area contributed by atoms with Gasteiger partial charge in [0.15, 0.2) is 34.9 Å². The van der Waals surface area contributed by atoms with Gasteiger partial charge in [-0.25, -0.2) is 30.7 Å². The number of aromatic hydroxyl groups is 5. The Kier molecular flexibility index (Phi) is 15.6. The number of benzene rings is 8. The quantitative estimate of drug-likeness (QED) is 0.0404. The van der Waals surface area contributed by atoms with Gasteiger partial charge in [0.2, 0.25) is 23.2 Å². The summed E-state index contributed by atoms with van der Waals surface area (Å²) in [5, 5.41) is 48.2. The van der Waals surface area contributed by atoms with E-state index in [-0.39, 0.29) is 34.5 Å². The first-order valence-corrected chi connectivity index (χ1v) is 21.0. The van der Waals surface area contributed by atoms with E-state index < -0.39 is 80.1 Å². The number of phenols is 5. The molecule has 8 rings (SSSR count). The summed E-state index contributed by atoms with van der Waals surface area (Å²) in [4.78, 5) is 0. The lowest BCUT2D eigenvalue weighted by molar-refractivity contribution is 0.365. The lowest BCUT2D eigenvalue weighted by Crippen LogP contribution is -2.25. The van der Waals surface area contributed by atoms with E-state index >= 15 is 0 Å². The summed E-state index contributed by atoms with van der Waals surface area (Å²) in [6.45, 7) is 10.1. The van der Waals surface area contributed by atoms with Crippen LogP contribution in [0.3, 0.4) is 0 Å². The van der Waals surface area contributed by atoms with Crippen LogP contribution in [-0.4, -0.2) is 25.5 Å². The lowest BCUT2D eigenvalue weighted by Gasteiger charge is -2.32. The van der Waals surface area contributed by atoms with E-state index in [2.05, 4.69) is 20.1 Å². The van der Waals surface area contributed by atoms with E-state index in [9.17, 15) is 65.0 Å². The number of hydrogen-bond donors (Lipinski definition) is 5. The molecule has 8 aromatic carbocycles. The number of rotatable bonds is 10. The maximum absolute atomic E-state index is 14.4. The number of halogens is 9. The summed E-state index contributed by atoms with van der Waals surface area (Å²) < 4.78 is 124. The molecule has 0 heterocycles. The lowest BCUT2D eigenvalue weighted by atomic mass is 9.71. The van der Waals surface area contributed by atoms with E-state index in [1.807, 2.05) is 43.3 Å². The molecule has 0 unspecified atom stereocenters. The molecular weight excluding hydrogens is 940 g/mol. The molecule has 5 N–H and O–H groups in total. The Morgan fingerprint density at radius 3 is 0.746 bits per heavy atom. The SMILES string of the molecule is C=Cc1c(F)c(F)c(F)c(F)c1F.C=Cc1c(F)c(F)c(Oc2ccc(C(C)(c3ccc(O)cc3)c3ccc(O)cc3)cc2)c(F)c1F.CC(c1ccc(O)cc1)(c1ccc(O)cc1)c1ccc(O)cc1. The van der Waals surface area contributed by atoms with Gasteiger partial charge in [0, 0.05) is 10.8 Å². The Morgan fingerprint density at radius 2 is 0.521 bits per heavy atom. The van der Waals surface area contributed by atoms with Gasteiger partial charge in [-0.2, -0.15) is 8.78 Å². The number of hydrogen-bond acceptors (Lipinski definition) is 6. The molecule has 0 atom stereocenters. The molecule has 0 saturated carbocycles.